The topological polar surface area (TPSA) is 75.7 Å². The third-order valence-corrected chi connectivity index (χ3v) is 5.07. The average Bonchev–Trinajstić information content (AvgIpc) is 2.59. The molecule has 0 fully saturated rings. The summed E-state index contributed by atoms with van der Waals surface area (Å²) >= 11 is 0. The Kier molecular flexibility index (Phi) is 6.79. The maximum atomic E-state index is 13.1. The summed E-state index contributed by atoms with van der Waals surface area (Å²) in [5.41, 5.74) is 1.28. The second-order valence-corrected chi connectivity index (χ2v) is 8.03. The fourth-order valence-corrected chi connectivity index (χ4v) is 3.77. The van der Waals surface area contributed by atoms with Gasteiger partial charge >= 0.3 is 0 Å². The largest absolute Gasteiger partial charge is 0.492 e. The number of benzene rings is 2. The Morgan fingerprint density at radius 1 is 1.22 bits per heavy atom. The molecule has 0 aliphatic rings. The van der Waals surface area contributed by atoms with Crippen LogP contribution in [0.25, 0.3) is 0 Å². The molecule has 2 rings (SSSR count). The number of nitrogens with one attached hydrogen (secondary N) is 1. The lowest BCUT2D eigenvalue weighted by Gasteiger charge is -2.28. The first-order valence-electron chi connectivity index (χ1n) is 8.40. The Morgan fingerprint density at radius 3 is 2.48 bits per heavy atom. The van der Waals surface area contributed by atoms with Crippen LogP contribution in [0.1, 0.15) is 12.5 Å². The molecule has 0 saturated heterocycles. The van der Waals surface area contributed by atoms with E-state index in [4.69, 9.17) is 4.74 Å². The molecular weight excluding hydrogens is 371 g/mol. The molecule has 2 aromatic rings. The van der Waals surface area contributed by atoms with Gasteiger partial charge in [-0.15, -0.1) is 0 Å². The van der Waals surface area contributed by atoms with E-state index in [2.05, 4.69) is 5.32 Å². The van der Waals surface area contributed by atoms with E-state index >= 15 is 0 Å². The predicted molar refractivity (Wildman–Crippen MR) is 103 cm³/mol. The minimum atomic E-state index is -3.73. The van der Waals surface area contributed by atoms with Gasteiger partial charge in [0.25, 0.3) is 0 Å². The molecule has 0 saturated carbocycles. The Labute approximate surface area is 159 Å². The van der Waals surface area contributed by atoms with Crippen molar-refractivity contribution in [3.8, 4) is 5.75 Å². The van der Waals surface area contributed by atoms with E-state index in [0.717, 1.165) is 28.3 Å². The third kappa shape index (κ3) is 5.96. The summed E-state index contributed by atoms with van der Waals surface area (Å²) in [6.45, 7) is 3.89. The summed E-state index contributed by atoms with van der Waals surface area (Å²) in [4.78, 5) is 12.4. The van der Waals surface area contributed by atoms with Crippen molar-refractivity contribution in [1.82, 2.24) is 5.32 Å². The van der Waals surface area contributed by atoms with E-state index in [1.54, 1.807) is 0 Å². The first kappa shape index (κ1) is 20.7. The minimum Gasteiger partial charge on any atom is -0.492 e. The summed E-state index contributed by atoms with van der Waals surface area (Å²) < 4.78 is 43.9. The molecule has 0 aliphatic carbocycles. The van der Waals surface area contributed by atoms with Gasteiger partial charge in [0.15, 0.2) is 0 Å². The smallest absolute Gasteiger partial charge is 0.243 e. The van der Waals surface area contributed by atoms with E-state index < -0.39 is 27.8 Å². The number of sulfonamides is 1. The lowest BCUT2D eigenvalue weighted by molar-refractivity contribution is -0.121. The number of anilines is 1. The van der Waals surface area contributed by atoms with Crippen LogP contribution < -0.4 is 14.4 Å². The minimum absolute atomic E-state index is 0.220. The molecule has 1 atom stereocenters. The lowest BCUT2D eigenvalue weighted by atomic mass is 10.2. The Bertz CT molecular complexity index is 885. The summed E-state index contributed by atoms with van der Waals surface area (Å²) in [5, 5.41) is 2.66. The molecule has 0 bridgehead atoms. The van der Waals surface area contributed by atoms with E-state index in [1.165, 1.54) is 19.1 Å². The van der Waals surface area contributed by atoms with Crippen LogP contribution >= 0.6 is 0 Å². The van der Waals surface area contributed by atoms with E-state index in [0.29, 0.717) is 5.75 Å². The van der Waals surface area contributed by atoms with Crippen molar-refractivity contribution < 1.29 is 22.3 Å². The van der Waals surface area contributed by atoms with Crippen LogP contribution in [-0.4, -0.2) is 39.8 Å². The van der Waals surface area contributed by atoms with Gasteiger partial charge in [-0.05, 0) is 55.8 Å². The van der Waals surface area contributed by atoms with Crippen LogP contribution in [0.4, 0.5) is 10.1 Å². The van der Waals surface area contributed by atoms with E-state index in [-0.39, 0.29) is 18.8 Å². The predicted octanol–water partition coefficient (Wildman–Crippen LogP) is 2.48. The SMILES string of the molecule is Cc1cccc(OCCNC(=O)C(C)N(c2ccc(F)cc2)S(C)(=O)=O)c1. The number of aryl methyl sites for hydroxylation is 1. The zero-order valence-corrected chi connectivity index (χ0v) is 16.3. The van der Waals surface area contributed by atoms with Gasteiger partial charge < -0.3 is 10.1 Å². The van der Waals surface area contributed by atoms with Crippen molar-refractivity contribution in [2.75, 3.05) is 23.7 Å². The highest BCUT2D eigenvalue weighted by Gasteiger charge is 2.28. The zero-order chi connectivity index (χ0) is 20.0. The van der Waals surface area contributed by atoms with Crippen molar-refractivity contribution in [2.24, 2.45) is 0 Å². The second kappa shape index (κ2) is 8.85. The average molecular weight is 394 g/mol. The summed E-state index contributed by atoms with van der Waals surface area (Å²) in [6, 6.07) is 11.5. The number of halogens is 1. The van der Waals surface area contributed by atoms with Crippen molar-refractivity contribution in [3.05, 3.63) is 59.9 Å². The number of rotatable bonds is 8. The molecular formula is C19H23FN2O4S. The molecule has 146 valence electrons. The molecule has 6 nitrogen and oxygen atoms in total. The highest BCUT2D eigenvalue weighted by Crippen LogP contribution is 2.21. The first-order valence-corrected chi connectivity index (χ1v) is 10.3. The van der Waals surface area contributed by atoms with Crippen molar-refractivity contribution in [3.63, 3.8) is 0 Å². The van der Waals surface area contributed by atoms with Crippen LogP contribution in [0.3, 0.4) is 0 Å². The lowest BCUT2D eigenvalue weighted by Crippen LogP contribution is -2.48. The van der Waals surface area contributed by atoms with Crippen molar-refractivity contribution in [2.45, 2.75) is 19.9 Å². The highest BCUT2D eigenvalue weighted by molar-refractivity contribution is 7.92. The van der Waals surface area contributed by atoms with Gasteiger partial charge in [-0.25, -0.2) is 12.8 Å². The van der Waals surface area contributed by atoms with E-state index in [1.807, 2.05) is 31.2 Å². The second-order valence-electron chi connectivity index (χ2n) is 6.17. The maximum absolute atomic E-state index is 13.1. The molecule has 0 aromatic heterocycles. The first-order chi connectivity index (χ1) is 12.7. The Hall–Kier alpha value is -2.61. The number of carbonyl (C=O) groups is 1. The monoisotopic (exact) mass is 394 g/mol. The molecule has 8 heteroatoms. The number of nitrogens with zero attached hydrogens (tertiary/aromatic N) is 1. The van der Waals surface area contributed by atoms with Gasteiger partial charge in [-0.3, -0.25) is 9.10 Å². The highest BCUT2D eigenvalue weighted by atomic mass is 32.2. The molecule has 0 heterocycles. The van der Waals surface area contributed by atoms with Crippen LogP contribution in [0.2, 0.25) is 0 Å². The molecule has 1 unspecified atom stereocenters. The van der Waals surface area contributed by atoms with Crippen LogP contribution in [0, 0.1) is 12.7 Å². The fraction of sp³-hybridized carbons (Fsp3) is 0.316. The van der Waals surface area contributed by atoms with Gasteiger partial charge in [-0.1, -0.05) is 12.1 Å². The zero-order valence-electron chi connectivity index (χ0n) is 15.5. The normalized spacial score (nSPS) is 12.3. The molecule has 0 radical (unpaired) electrons. The van der Waals surface area contributed by atoms with Crippen molar-refractivity contribution >= 4 is 21.6 Å². The van der Waals surface area contributed by atoms with E-state index in [9.17, 15) is 17.6 Å². The standard InChI is InChI=1S/C19H23FN2O4S/c1-14-5-4-6-18(13-14)26-12-11-21-19(23)15(2)22(27(3,24)25)17-9-7-16(20)8-10-17/h4-10,13,15H,11-12H2,1-3H3,(H,21,23). The molecule has 27 heavy (non-hydrogen) atoms. The van der Waals surface area contributed by atoms with Gasteiger partial charge in [0.05, 0.1) is 18.5 Å². The maximum Gasteiger partial charge on any atom is 0.243 e. The molecule has 0 aliphatic heterocycles. The number of hydrogen-bond donors (Lipinski definition) is 1. The number of amides is 1. The molecule has 1 N–H and O–H groups in total. The molecule has 0 spiro atoms. The number of carbonyl (C=O) groups excluding carboxylic acids is 1. The number of ether oxygens (including phenoxy) is 1. The van der Waals surface area contributed by atoms with Crippen molar-refractivity contribution in [1.29, 1.82) is 0 Å². The summed E-state index contributed by atoms with van der Waals surface area (Å²) in [6.07, 6.45) is 1.00. The molecule has 1 amide bonds. The fourth-order valence-electron chi connectivity index (χ4n) is 2.59. The number of hydrogen-bond acceptors (Lipinski definition) is 4. The van der Waals surface area contributed by atoms with Crippen LogP contribution in [-0.2, 0) is 14.8 Å². The van der Waals surface area contributed by atoms with Gasteiger partial charge in [0.1, 0.15) is 24.2 Å². The van der Waals surface area contributed by atoms with Gasteiger partial charge in [0, 0.05) is 0 Å². The quantitative estimate of drug-likeness (QED) is 0.698. The Morgan fingerprint density at radius 2 is 1.89 bits per heavy atom. The third-order valence-electron chi connectivity index (χ3n) is 3.83. The summed E-state index contributed by atoms with van der Waals surface area (Å²) in [5.74, 6) is -0.267. The van der Waals surface area contributed by atoms with Gasteiger partial charge in [-0.2, -0.15) is 0 Å². The van der Waals surface area contributed by atoms with Crippen LogP contribution in [0.15, 0.2) is 48.5 Å². The molecule has 2 aromatic carbocycles. The van der Waals surface area contributed by atoms with Gasteiger partial charge in [0.2, 0.25) is 15.9 Å². The Balaban J connectivity index is 1.97. The van der Waals surface area contributed by atoms with Crippen LogP contribution in [0.5, 0.6) is 5.75 Å². The summed E-state index contributed by atoms with van der Waals surface area (Å²) in [7, 11) is -3.73.